The topological polar surface area (TPSA) is 42.2 Å². The minimum absolute atomic E-state index is 0.572. The number of aromatic nitrogens is 2. The van der Waals surface area contributed by atoms with Gasteiger partial charge in [-0.15, -0.1) is 0 Å². The van der Waals surface area contributed by atoms with Crippen LogP contribution >= 0.6 is 11.3 Å². The fourth-order valence-corrected chi connectivity index (χ4v) is 3.63. The molecule has 2 aromatic heterocycles. The molecule has 1 aliphatic rings. The van der Waals surface area contributed by atoms with E-state index in [1.54, 1.807) is 11.3 Å². The van der Waals surface area contributed by atoms with E-state index >= 15 is 0 Å². The lowest BCUT2D eigenvalue weighted by atomic mass is 10.0. The molecule has 5 heteroatoms. The van der Waals surface area contributed by atoms with E-state index in [-0.39, 0.29) is 0 Å². The molecule has 4 rings (SSSR count). The van der Waals surface area contributed by atoms with E-state index < -0.39 is 0 Å². The quantitative estimate of drug-likeness (QED) is 0.593. The molecule has 25 heavy (non-hydrogen) atoms. The normalized spacial score (nSPS) is 14.6. The molecular formula is C20H23N3OS. The summed E-state index contributed by atoms with van der Waals surface area (Å²) in [7, 11) is 0. The van der Waals surface area contributed by atoms with Gasteiger partial charge >= 0.3 is 0 Å². The molecular weight excluding hydrogens is 330 g/mol. The maximum absolute atomic E-state index is 5.49. The Labute approximate surface area is 152 Å². The van der Waals surface area contributed by atoms with E-state index in [2.05, 4.69) is 53.2 Å². The number of rotatable bonds is 7. The largest absolute Gasteiger partial charge is 0.338 e. The number of thiophene rings is 1. The molecule has 0 atom stereocenters. The number of hydrogen-bond acceptors (Lipinski definition) is 5. The van der Waals surface area contributed by atoms with Crippen molar-refractivity contribution >= 4 is 11.3 Å². The van der Waals surface area contributed by atoms with Gasteiger partial charge < -0.3 is 4.52 Å². The first-order valence-corrected chi connectivity index (χ1v) is 9.81. The van der Waals surface area contributed by atoms with Crippen molar-refractivity contribution in [3.8, 4) is 11.4 Å². The van der Waals surface area contributed by atoms with Gasteiger partial charge in [-0.3, -0.25) is 4.90 Å². The first kappa shape index (κ1) is 16.5. The van der Waals surface area contributed by atoms with E-state index in [1.807, 2.05) is 16.8 Å². The van der Waals surface area contributed by atoms with Crippen LogP contribution in [0, 0.1) is 0 Å². The van der Waals surface area contributed by atoms with Crippen molar-refractivity contribution in [3.63, 3.8) is 0 Å². The number of hydrogen-bond donors (Lipinski definition) is 0. The van der Waals surface area contributed by atoms with Crippen LogP contribution in [0.4, 0.5) is 0 Å². The van der Waals surface area contributed by atoms with E-state index in [4.69, 9.17) is 4.52 Å². The summed E-state index contributed by atoms with van der Waals surface area (Å²) < 4.78 is 5.49. The third-order valence-corrected chi connectivity index (χ3v) is 5.36. The Hall–Kier alpha value is -1.98. The Balaban J connectivity index is 1.45. The van der Waals surface area contributed by atoms with Crippen molar-refractivity contribution in [3.05, 3.63) is 58.1 Å². The van der Waals surface area contributed by atoms with Crippen LogP contribution in [0.15, 0.2) is 45.6 Å². The second kappa shape index (κ2) is 7.10. The van der Waals surface area contributed by atoms with E-state index in [0.29, 0.717) is 30.2 Å². The minimum Gasteiger partial charge on any atom is -0.338 e. The molecule has 1 aromatic carbocycles. The van der Waals surface area contributed by atoms with Gasteiger partial charge in [0.25, 0.3) is 0 Å². The van der Waals surface area contributed by atoms with Gasteiger partial charge in [0, 0.05) is 23.5 Å². The van der Waals surface area contributed by atoms with Crippen molar-refractivity contribution in [2.75, 3.05) is 0 Å². The van der Waals surface area contributed by atoms with Crippen LogP contribution in [0.5, 0.6) is 0 Å². The molecule has 0 aliphatic heterocycles. The molecule has 3 aromatic rings. The van der Waals surface area contributed by atoms with Crippen molar-refractivity contribution in [1.29, 1.82) is 0 Å². The second-order valence-corrected chi connectivity index (χ2v) is 7.84. The van der Waals surface area contributed by atoms with E-state index in [0.717, 1.165) is 12.1 Å². The van der Waals surface area contributed by atoms with Gasteiger partial charge in [-0.1, -0.05) is 43.3 Å². The Bertz CT molecular complexity index is 804. The van der Waals surface area contributed by atoms with Gasteiger partial charge in [0.15, 0.2) is 0 Å². The van der Waals surface area contributed by atoms with Crippen molar-refractivity contribution in [1.82, 2.24) is 15.0 Å². The van der Waals surface area contributed by atoms with Gasteiger partial charge in [-0.2, -0.15) is 16.3 Å². The van der Waals surface area contributed by atoms with Gasteiger partial charge in [-0.25, -0.2) is 0 Å². The molecule has 130 valence electrons. The lowest BCUT2D eigenvalue weighted by Gasteiger charge is -2.20. The van der Waals surface area contributed by atoms with E-state index in [9.17, 15) is 0 Å². The summed E-state index contributed by atoms with van der Waals surface area (Å²) in [4.78, 5) is 7.02. The second-order valence-electron chi connectivity index (χ2n) is 7.06. The highest BCUT2D eigenvalue weighted by Gasteiger charge is 2.30. The summed E-state index contributed by atoms with van der Waals surface area (Å²) in [6.45, 7) is 6.10. The van der Waals surface area contributed by atoms with Gasteiger partial charge in [0.2, 0.25) is 11.7 Å². The zero-order valence-electron chi connectivity index (χ0n) is 14.7. The van der Waals surface area contributed by atoms with Crippen LogP contribution in [0.25, 0.3) is 11.4 Å². The number of nitrogens with zero attached hydrogens (tertiary/aromatic N) is 3. The van der Waals surface area contributed by atoms with Crippen molar-refractivity contribution in [2.24, 2.45) is 0 Å². The summed E-state index contributed by atoms with van der Waals surface area (Å²) in [6.07, 6.45) is 2.52. The molecule has 0 amide bonds. The van der Waals surface area contributed by atoms with Crippen LogP contribution in [-0.4, -0.2) is 21.1 Å². The molecule has 2 heterocycles. The summed E-state index contributed by atoms with van der Waals surface area (Å²) in [6, 6.07) is 11.6. The van der Waals surface area contributed by atoms with E-state index in [1.165, 1.54) is 24.0 Å². The first-order chi connectivity index (χ1) is 12.2. The van der Waals surface area contributed by atoms with Crippen LogP contribution in [-0.2, 0) is 13.1 Å². The predicted octanol–water partition coefficient (Wildman–Crippen LogP) is 5.09. The molecule has 4 nitrogen and oxygen atoms in total. The summed E-state index contributed by atoms with van der Waals surface area (Å²) in [5.74, 6) is 1.96. The maximum atomic E-state index is 5.49. The van der Waals surface area contributed by atoms with Gasteiger partial charge in [-0.05, 0) is 41.3 Å². The SMILES string of the molecule is CC(C)c1ccc(CN(Cc2nc(-c3ccsc3)no2)C2CC2)cc1. The summed E-state index contributed by atoms with van der Waals surface area (Å²) in [5, 5.41) is 8.20. The minimum atomic E-state index is 0.572. The molecule has 1 fully saturated rings. The molecule has 1 aliphatic carbocycles. The maximum Gasteiger partial charge on any atom is 0.241 e. The Morgan fingerprint density at radius 1 is 1.16 bits per heavy atom. The fraction of sp³-hybridized carbons (Fsp3) is 0.400. The molecule has 0 unspecified atom stereocenters. The third kappa shape index (κ3) is 3.99. The average molecular weight is 353 g/mol. The molecule has 0 saturated heterocycles. The van der Waals surface area contributed by atoms with Gasteiger partial charge in [0.05, 0.1) is 6.54 Å². The molecule has 0 N–H and O–H groups in total. The molecule has 0 bridgehead atoms. The Morgan fingerprint density at radius 2 is 1.96 bits per heavy atom. The predicted molar refractivity (Wildman–Crippen MR) is 100 cm³/mol. The molecule has 1 saturated carbocycles. The average Bonchev–Trinajstić information content (AvgIpc) is 3.11. The Morgan fingerprint density at radius 3 is 2.60 bits per heavy atom. The lowest BCUT2D eigenvalue weighted by Crippen LogP contribution is -2.25. The zero-order valence-corrected chi connectivity index (χ0v) is 15.5. The van der Waals surface area contributed by atoms with Crippen LogP contribution in [0.3, 0.4) is 0 Å². The van der Waals surface area contributed by atoms with Gasteiger partial charge in [0.1, 0.15) is 0 Å². The monoisotopic (exact) mass is 353 g/mol. The first-order valence-electron chi connectivity index (χ1n) is 8.87. The lowest BCUT2D eigenvalue weighted by molar-refractivity contribution is 0.209. The zero-order chi connectivity index (χ0) is 17.2. The molecule has 0 radical (unpaired) electrons. The van der Waals surface area contributed by atoms with Crippen LogP contribution in [0.1, 0.15) is 49.6 Å². The Kier molecular flexibility index (Phi) is 4.68. The fourth-order valence-electron chi connectivity index (χ4n) is 3.00. The highest BCUT2D eigenvalue weighted by atomic mass is 32.1. The molecule has 0 spiro atoms. The van der Waals surface area contributed by atoms with Crippen LogP contribution in [0.2, 0.25) is 0 Å². The smallest absolute Gasteiger partial charge is 0.241 e. The van der Waals surface area contributed by atoms with Crippen molar-refractivity contribution in [2.45, 2.75) is 51.7 Å². The highest BCUT2D eigenvalue weighted by Crippen LogP contribution is 2.30. The highest BCUT2D eigenvalue weighted by molar-refractivity contribution is 7.08. The standard InChI is InChI=1S/C20H23N3OS/c1-14(2)16-5-3-15(4-6-16)11-23(18-7-8-18)12-19-21-20(22-24-19)17-9-10-25-13-17/h3-6,9-10,13-14,18H,7-8,11-12H2,1-2H3. The van der Waals surface area contributed by atoms with Crippen LogP contribution < -0.4 is 0 Å². The summed E-state index contributed by atoms with van der Waals surface area (Å²) in [5.41, 5.74) is 3.76. The third-order valence-electron chi connectivity index (χ3n) is 4.68. The van der Waals surface area contributed by atoms with Crippen molar-refractivity contribution < 1.29 is 4.52 Å². The summed E-state index contributed by atoms with van der Waals surface area (Å²) >= 11 is 1.65. The number of benzene rings is 1.